The summed E-state index contributed by atoms with van der Waals surface area (Å²) in [5.41, 5.74) is 0.202. The average Bonchev–Trinajstić information content (AvgIpc) is 2.62. The minimum atomic E-state index is -0.913. The van der Waals surface area contributed by atoms with Crippen LogP contribution in [-0.4, -0.2) is 28.9 Å². The number of amides is 3. The largest absolute Gasteiger partial charge is 0.325 e. The summed E-state index contributed by atoms with van der Waals surface area (Å²) in [4.78, 5) is 24.7. The lowest BCUT2D eigenvalue weighted by Crippen LogP contribution is -2.44. The SMILES string of the molecule is C[C@@]1(CCc2ccccc2)NC(=O)N(CC#N)C1=O. The van der Waals surface area contributed by atoms with Crippen molar-refractivity contribution >= 4 is 11.9 Å². The van der Waals surface area contributed by atoms with Gasteiger partial charge in [-0.1, -0.05) is 30.3 Å². The van der Waals surface area contributed by atoms with Crippen LogP contribution in [0.5, 0.6) is 0 Å². The fourth-order valence-corrected chi connectivity index (χ4v) is 2.17. The van der Waals surface area contributed by atoms with Gasteiger partial charge in [0.15, 0.2) is 0 Å². The fourth-order valence-electron chi connectivity index (χ4n) is 2.17. The van der Waals surface area contributed by atoms with Crippen molar-refractivity contribution in [1.82, 2.24) is 10.2 Å². The summed E-state index contributed by atoms with van der Waals surface area (Å²) in [6.45, 7) is 1.50. The monoisotopic (exact) mass is 257 g/mol. The van der Waals surface area contributed by atoms with Crippen molar-refractivity contribution in [2.24, 2.45) is 0 Å². The first kappa shape index (κ1) is 13.1. The van der Waals surface area contributed by atoms with E-state index in [1.54, 1.807) is 6.92 Å². The quantitative estimate of drug-likeness (QED) is 0.655. The first-order valence-corrected chi connectivity index (χ1v) is 6.12. The van der Waals surface area contributed by atoms with E-state index in [1.165, 1.54) is 0 Å². The number of urea groups is 1. The first-order chi connectivity index (χ1) is 9.07. The fraction of sp³-hybridized carbons (Fsp3) is 0.357. The van der Waals surface area contributed by atoms with E-state index >= 15 is 0 Å². The van der Waals surface area contributed by atoms with Crippen LogP contribution in [0.3, 0.4) is 0 Å². The molecule has 0 spiro atoms. The molecule has 1 fully saturated rings. The maximum atomic E-state index is 12.1. The number of hydrogen-bond donors (Lipinski definition) is 1. The number of nitrogens with zero attached hydrogens (tertiary/aromatic N) is 2. The maximum absolute atomic E-state index is 12.1. The van der Waals surface area contributed by atoms with E-state index in [4.69, 9.17) is 5.26 Å². The van der Waals surface area contributed by atoms with Crippen LogP contribution >= 0.6 is 0 Å². The third-order valence-corrected chi connectivity index (χ3v) is 3.33. The molecule has 1 atom stereocenters. The molecule has 98 valence electrons. The Bertz CT molecular complexity index is 535. The molecule has 3 amide bonds. The number of rotatable bonds is 4. The van der Waals surface area contributed by atoms with E-state index in [9.17, 15) is 9.59 Å². The molecule has 0 aliphatic carbocycles. The molecule has 0 bridgehead atoms. The van der Waals surface area contributed by atoms with Gasteiger partial charge in [0.2, 0.25) is 0 Å². The number of carbonyl (C=O) groups is 2. The van der Waals surface area contributed by atoms with Gasteiger partial charge in [-0.25, -0.2) is 9.69 Å². The second-order valence-corrected chi connectivity index (χ2v) is 4.80. The summed E-state index contributed by atoms with van der Waals surface area (Å²) in [6, 6.07) is 11.1. The predicted octanol–water partition coefficient (Wildman–Crippen LogP) is 1.45. The summed E-state index contributed by atoms with van der Waals surface area (Å²) in [6.07, 6.45) is 1.22. The average molecular weight is 257 g/mol. The van der Waals surface area contributed by atoms with Crippen LogP contribution in [0.4, 0.5) is 4.79 Å². The van der Waals surface area contributed by atoms with Gasteiger partial charge in [0.05, 0.1) is 6.07 Å². The van der Waals surface area contributed by atoms with Gasteiger partial charge in [0.1, 0.15) is 12.1 Å². The molecular formula is C14H15N3O2. The van der Waals surface area contributed by atoms with Crippen molar-refractivity contribution in [3.63, 3.8) is 0 Å². The van der Waals surface area contributed by atoms with Crippen LogP contribution in [0, 0.1) is 11.3 Å². The molecule has 1 aliphatic heterocycles. The smallest absolute Gasteiger partial charge is 0.323 e. The highest BCUT2D eigenvalue weighted by atomic mass is 16.2. The van der Waals surface area contributed by atoms with E-state index in [1.807, 2.05) is 36.4 Å². The molecule has 0 unspecified atom stereocenters. The Balaban J connectivity index is 2.06. The summed E-state index contributed by atoms with van der Waals surface area (Å²) in [5.74, 6) is -0.324. The zero-order chi connectivity index (χ0) is 13.9. The topological polar surface area (TPSA) is 73.2 Å². The number of aryl methyl sites for hydroxylation is 1. The molecule has 1 saturated heterocycles. The normalized spacial score (nSPS) is 22.2. The predicted molar refractivity (Wildman–Crippen MR) is 69.0 cm³/mol. The number of imide groups is 1. The lowest BCUT2D eigenvalue weighted by Gasteiger charge is -2.21. The number of carbonyl (C=O) groups excluding carboxylic acids is 2. The van der Waals surface area contributed by atoms with Crippen LogP contribution in [0.25, 0.3) is 0 Å². The zero-order valence-electron chi connectivity index (χ0n) is 10.7. The number of nitriles is 1. The van der Waals surface area contributed by atoms with E-state index in [2.05, 4.69) is 5.32 Å². The molecule has 0 aromatic heterocycles. The van der Waals surface area contributed by atoms with Gasteiger partial charge in [-0.15, -0.1) is 0 Å². The van der Waals surface area contributed by atoms with Gasteiger partial charge in [0, 0.05) is 0 Å². The van der Waals surface area contributed by atoms with Gasteiger partial charge in [-0.05, 0) is 25.3 Å². The van der Waals surface area contributed by atoms with Crippen molar-refractivity contribution in [2.45, 2.75) is 25.3 Å². The molecule has 5 heteroatoms. The van der Waals surface area contributed by atoms with Gasteiger partial charge < -0.3 is 5.32 Å². The van der Waals surface area contributed by atoms with Gasteiger partial charge >= 0.3 is 6.03 Å². The number of benzene rings is 1. The summed E-state index contributed by atoms with van der Waals surface area (Å²) >= 11 is 0. The van der Waals surface area contributed by atoms with Crippen LogP contribution < -0.4 is 5.32 Å². The van der Waals surface area contributed by atoms with Crippen LogP contribution in [0.2, 0.25) is 0 Å². The van der Waals surface area contributed by atoms with Crippen LogP contribution in [-0.2, 0) is 11.2 Å². The molecule has 0 saturated carbocycles. The second-order valence-electron chi connectivity index (χ2n) is 4.80. The third-order valence-electron chi connectivity index (χ3n) is 3.33. The van der Waals surface area contributed by atoms with Crippen molar-refractivity contribution in [2.75, 3.05) is 6.54 Å². The second kappa shape index (κ2) is 5.11. The van der Waals surface area contributed by atoms with Gasteiger partial charge in [-0.3, -0.25) is 4.79 Å². The lowest BCUT2D eigenvalue weighted by molar-refractivity contribution is -0.130. The van der Waals surface area contributed by atoms with Crippen LogP contribution in [0.15, 0.2) is 30.3 Å². The van der Waals surface area contributed by atoms with Gasteiger partial charge in [0.25, 0.3) is 5.91 Å². The Morgan fingerprint density at radius 1 is 1.32 bits per heavy atom. The van der Waals surface area contributed by atoms with E-state index < -0.39 is 11.6 Å². The van der Waals surface area contributed by atoms with Gasteiger partial charge in [-0.2, -0.15) is 5.26 Å². The molecule has 1 N–H and O–H groups in total. The van der Waals surface area contributed by atoms with E-state index in [0.717, 1.165) is 10.5 Å². The first-order valence-electron chi connectivity index (χ1n) is 6.12. The molecular weight excluding hydrogens is 242 g/mol. The third kappa shape index (κ3) is 2.58. The Hall–Kier alpha value is -2.35. The van der Waals surface area contributed by atoms with Crippen molar-refractivity contribution in [3.05, 3.63) is 35.9 Å². The Labute approximate surface area is 111 Å². The molecule has 2 rings (SSSR count). The van der Waals surface area contributed by atoms with Crippen molar-refractivity contribution in [3.8, 4) is 6.07 Å². The van der Waals surface area contributed by atoms with E-state index in [-0.39, 0.29) is 12.5 Å². The molecule has 1 aromatic rings. The highest BCUT2D eigenvalue weighted by Crippen LogP contribution is 2.22. The maximum Gasteiger partial charge on any atom is 0.325 e. The standard InChI is InChI=1S/C14H15N3O2/c1-14(8-7-11-5-3-2-4-6-11)12(18)17(10-9-15)13(19)16-14/h2-6H,7-8,10H2,1H3,(H,16,19)/t14-/m0/s1. The molecule has 1 heterocycles. The van der Waals surface area contributed by atoms with E-state index in [0.29, 0.717) is 12.8 Å². The summed E-state index contributed by atoms with van der Waals surface area (Å²) in [7, 11) is 0. The summed E-state index contributed by atoms with van der Waals surface area (Å²) in [5, 5.41) is 11.3. The number of nitrogens with one attached hydrogen (secondary N) is 1. The Morgan fingerprint density at radius 2 is 2.00 bits per heavy atom. The number of hydrogen-bond acceptors (Lipinski definition) is 3. The minimum absolute atomic E-state index is 0.203. The van der Waals surface area contributed by atoms with Crippen molar-refractivity contribution in [1.29, 1.82) is 5.26 Å². The molecule has 1 aromatic carbocycles. The molecule has 1 aliphatic rings. The van der Waals surface area contributed by atoms with Crippen LogP contribution in [0.1, 0.15) is 18.9 Å². The lowest BCUT2D eigenvalue weighted by atomic mass is 9.93. The Morgan fingerprint density at radius 3 is 2.63 bits per heavy atom. The highest BCUT2D eigenvalue weighted by Gasteiger charge is 2.47. The highest BCUT2D eigenvalue weighted by molar-refractivity contribution is 6.06. The molecule has 5 nitrogen and oxygen atoms in total. The molecule has 19 heavy (non-hydrogen) atoms. The summed E-state index contributed by atoms with van der Waals surface area (Å²) < 4.78 is 0. The zero-order valence-corrected chi connectivity index (χ0v) is 10.7. The Kier molecular flexibility index (Phi) is 3.52. The van der Waals surface area contributed by atoms with Crippen molar-refractivity contribution < 1.29 is 9.59 Å². The molecule has 0 radical (unpaired) electrons. The minimum Gasteiger partial charge on any atom is -0.323 e.